The largest absolute Gasteiger partial charge is 0.340 e. The number of anilines is 2. The molecule has 7 heteroatoms. The number of hydrogen-bond acceptors (Lipinski definition) is 4. The van der Waals surface area contributed by atoms with E-state index in [1.165, 1.54) is 6.33 Å². The number of likely N-dealkylation sites (tertiary alicyclic amines) is 1. The first kappa shape index (κ1) is 15.1. The molecule has 0 spiro atoms. The van der Waals surface area contributed by atoms with Crippen molar-refractivity contribution >= 4 is 40.6 Å². The average Bonchev–Trinajstić information content (AvgIpc) is 3.05. The van der Waals surface area contributed by atoms with Crippen LogP contribution in [-0.2, 0) is 0 Å². The first-order valence-corrected chi connectivity index (χ1v) is 7.72. The van der Waals surface area contributed by atoms with E-state index in [9.17, 15) is 4.79 Å². The van der Waals surface area contributed by atoms with Crippen LogP contribution >= 0.6 is 23.2 Å². The lowest BCUT2D eigenvalue weighted by atomic mass is 10.3. The summed E-state index contributed by atoms with van der Waals surface area (Å²) in [5.74, 6) is 0.480. The number of nitrogens with zero attached hydrogens (tertiary/aromatic N) is 3. The van der Waals surface area contributed by atoms with Crippen LogP contribution < -0.4 is 5.32 Å². The molecule has 3 rings (SSSR count). The van der Waals surface area contributed by atoms with Crippen LogP contribution in [0.25, 0.3) is 0 Å². The molecule has 1 saturated heterocycles. The molecule has 2 aromatic rings. The summed E-state index contributed by atoms with van der Waals surface area (Å²) in [6, 6.07) is 6.83. The zero-order valence-corrected chi connectivity index (χ0v) is 13.2. The molecule has 114 valence electrons. The van der Waals surface area contributed by atoms with Gasteiger partial charge < -0.3 is 10.2 Å². The molecule has 0 bridgehead atoms. The summed E-state index contributed by atoms with van der Waals surface area (Å²) in [7, 11) is 0. The van der Waals surface area contributed by atoms with Crippen LogP contribution in [0.4, 0.5) is 11.5 Å². The van der Waals surface area contributed by atoms with Crippen molar-refractivity contribution in [1.29, 1.82) is 0 Å². The van der Waals surface area contributed by atoms with Crippen LogP contribution in [0.15, 0.2) is 30.6 Å². The molecule has 1 aromatic carbocycles. The highest BCUT2D eigenvalue weighted by Gasteiger charge is 2.20. The highest BCUT2D eigenvalue weighted by atomic mass is 35.5. The third-order valence-electron chi connectivity index (χ3n) is 3.47. The smallest absolute Gasteiger partial charge is 0.272 e. The highest BCUT2D eigenvalue weighted by Crippen LogP contribution is 2.26. The molecule has 1 amide bonds. The maximum absolute atomic E-state index is 12.3. The van der Waals surface area contributed by atoms with E-state index in [-0.39, 0.29) is 5.91 Å². The SMILES string of the molecule is O=C(c1cc(Nc2ccc(Cl)c(Cl)c2)ncn1)N1CCCC1. The van der Waals surface area contributed by atoms with Crippen LogP contribution in [0, 0.1) is 0 Å². The summed E-state index contributed by atoms with van der Waals surface area (Å²) in [5, 5.41) is 4.03. The molecule has 5 nitrogen and oxygen atoms in total. The van der Waals surface area contributed by atoms with Gasteiger partial charge in [0.25, 0.3) is 5.91 Å². The van der Waals surface area contributed by atoms with Gasteiger partial charge in [-0.15, -0.1) is 0 Å². The van der Waals surface area contributed by atoms with Crippen molar-refractivity contribution < 1.29 is 4.79 Å². The van der Waals surface area contributed by atoms with Gasteiger partial charge in [-0.25, -0.2) is 9.97 Å². The molecule has 1 fully saturated rings. The molecule has 0 atom stereocenters. The van der Waals surface area contributed by atoms with E-state index < -0.39 is 0 Å². The summed E-state index contributed by atoms with van der Waals surface area (Å²) in [6.07, 6.45) is 3.47. The van der Waals surface area contributed by atoms with E-state index in [1.54, 1.807) is 24.3 Å². The van der Waals surface area contributed by atoms with Gasteiger partial charge in [0.05, 0.1) is 10.0 Å². The quantitative estimate of drug-likeness (QED) is 0.926. The van der Waals surface area contributed by atoms with E-state index in [1.807, 2.05) is 4.90 Å². The molecule has 1 N–H and O–H groups in total. The molecular formula is C15H14Cl2N4O. The van der Waals surface area contributed by atoms with Gasteiger partial charge in [0.15, 0.2) is 0 Å². The van der Waals surface area contributed by atoms with Gasteiger partial charge in [-0.3, -0.25) is 4.79 Å². The van der Waals surface area contributed by atoms with Crippen molar-refractivity contribution in [2.24, 2.45) is 0 Å². The minimum Gasteiger partial charge on any atom is -0.340 e. The molecular weight excluding hydrogens is 323 g/mol. The van der Waals surface area contributed by atoms with Crippen molar-refractivity contribution in [1.82, 2.24) is 14.9 Å². The first-order chi connectivity index (χ1) is 10.6. The lowest BCUT2D eigenvalue weighted by molar-refractivity contribution is 0.0787. The molecule has 2 heterocycles. The topological polar surface area (TPSA) is 58.1 Å². The number of carbonyl (C=O) groups is 1. The van der Waals surface area contributed by atoms with Gasteiger partial charge in [-0.2, -0.15) is 0 Å². The number of amides is 1. The molecule has 22 heavy (non-hydrogen) atoms. The Kier molecular flexibility index (Phi) is 4.45. The fraction of sp³-hybridized carbons (Fsp3) is 0.267. The molecule has 0 radical (unpaired) electrons. The molecule has 0 unspecified atom stereocenters. The van der Waals surface area contributed by atoms with Gasteiger partial charge in [0.2, 0.25) is 0 Å². The third kappa shape index (κ3) is 3.31. The zero-order chi connectivity index (χ0) is 15.5. The Morgan fingerprint density at radius 3 is 2.59 bits per heavy atom. The minimum absolute atomic E-state index is 0.0583. The Hall–Kier alpha value is -1.85. The first-order valence-electron chi connectivity index (χ1n) is 6.97. The van der Waals surface area contributed by atoms with Gasteiger partial charge >= 0.3 is 0 Å². The lowest BCUT2D eigenvalue weighted by Gasteiger charge is -2.14. The Balaban J connectivity index is 1.78. The number of rotatable bonds is 3. The Morgan fingerprint density at radius 1 is 1.09 bits per heavy atom. The summed E-state index contributed by atoms with van der Waals surface area (Å²) >= 11 is 11.9. The summed E-state index contributed by atoms with van der Waals surface area (Å²) in [4.78, 5) is 22.3. The van der Waals surface area contributed by atoms with Crippen LogP contribution in [0.5, 0.6) is 0 Å². The Morgan fingerprint density at radius 2 is 1.86 bits per heavy atom. The van der Waals surface area contributed by atoms with E-state index >= 15 is 0 Å². The van der Waals surface area contributed by atoms with Crippen LogP contribution in [-0.4, -0.2) is 33.9 Å². The maximum Gasteiger partial charge on any atom is 0.272 e. The predicted octanol–water partition coefficient (Wildman–Crippen LogP) is 3.76. The summed E-state index contributed by atoms with van der Waals surface area (Å²) in [6.45, 7) is 1.58. The van der Waals surface area contributed by atoms with Crippen molar-refractivity contribution in [2.45, 2.75) is 12.8 Å². The number of halogens is 2. The second-order valence-electron chi connectivity index (χ2n) is 5.04. The van der Waals surface area contributed by atoms with Crippen LogP contribution in [0.2, 0.25) is 10.0 Å². The standard InChI is InChI=1S/C15H14Cl2N4O/c16-11-4-3-10(7-12(11)17)20-14-8-13(18-9-19-14)15(22)21-5-1-2-6-21/h3-4,7-9H,1-2,5-6H2,(H,18,19,20). The molecule has 0 aliphatic carbocycles. The van der Waals surface area contributed by atoms with Crippen molar-refractivity contribution in [3.63, 3.8) is 0 Å². The predicted molar refractivity (Wildman–Crippen MR) is 86.9 cm³/mol. The summed E-state index contributed by atoms with van der Waals surface area (Å²) in [5.41, 5.74) is 1.13. The van der Waals surface area contributed by atoms with Gasteiger partial charge in [-0.1, -0.05) is 23.2 Å². The number of benzene rings is 1. The Labute approximate surface area is 138 Å². The molecule has 0 saturated carbocycles. The van der Waals surface area contributed by atoms with Gasteiger partial charge in [0, 0.05) is 24.8 Å². The monoisotopic (exact) mass is 336 g/mol. The van der Waals surface area contributed by atoms with E-state index in [4.69, 9.17) is 23.2 Å². The summed E-state index contributed by atoms with van der Waals surface area (Å²) < 4.78 is 0. The van der Waals surface area contributed by atoms with E-state index in [2.05, 4.69) is 15.3 Å². The average molecular weight is 337 g/mol. The van der Waals surface area contributed by atoms with Crippen molar-refractivity contribution in [3.8, 4) is 0 Å². The van der Waals surface area contributed by atoms with Crippen LogP contribution in [0.3, 0.4) is 0 Å². The fourth-order valence-corrected chi connectivity index (χ4v) is 2.64. The second-order valence-corrected chi connectivity index (χ2v) is 5.86. The zero-order valence-electron chi connectivity index (χ0n) is 11.7. The van der Waals surface area contributed by atoms with E-state index in [0.29, 0.717) is 21.6 Å². The Bertz CT molecular complexity index is 702. The second kappa shape index (κ2) is 6.50. The third-order valence-corrected chi connectivity index (χ3v) is 4.21. The number of carbonyl (C=O) groups excluding carboxylic acids is 1. The number of aromatic nitrogens is 2. The maximum atomic E-state index is 12.3. The van der Waals surface area contributed by atoms with Crippen molar-refractivity contribution in [3.05, 3.63) is 46.3 Å². The van der Waals surface area contributed by atoms with Crippen molar-refractivity contribution in [2.75, 3.05) is 18.4 Å². The van der Waals surface area contributed by atoms with E-state index in [0.717, 1.165) is 31.6 Å². The van der Waals surface area contributed by atoms with Gasteiger partial charge in [0.1, 0.15) is 17.8 Å². The van der Waals surface area contributed by atoms with Crippen LogP contribution in [0.1, 0.15) is 23.3 Å². The minimum atomic E-state index is -0.0583. The number of nitrogens with one attached hydrogen (secondary N) is 1. The number of hydrogen-bond donors (Lipinski definition) is 1. The fourth-order valence-electron chi connectivity index (χ4n) is 2.35. The normalized spacial score (nSPS) is 14.2. The highest BCUT2D eigenvalue weighted by molar-refractivity contribution is 6.42. The molecule has 1 aliphatic rings. The lowest BCUT2D eigenvalue weighted by Crippen LogP contribution is -2.28. The van der Waals surface area contributed by atoms with Gasteiger partial charge in [-0.05, 0) is 31.0 Å². The molecule has 1 aliphatic heterocycles. The molecule has 1 aromatic heterocycles.